The van der Waals surface area contributed by atoms with E-state index in [2.05, 4.69) is 16.0 Å². The Morgan fingerprint density at radius 2 is 1.67 bits per heavy atom. The highest BCUT2D eigenvalue weighted by atomic mass is 35.5. The van der Waals surface area contributed by atoms with Crippen LogP contribution in [0.1, 0.15) is 35.4 Å². The van der Waals surface area contributed by atoms with Crippen LogP contribution in [-0.4, -0.2) is 28.6 Å². The first-order chi connectivity index (χ1) is 16.2. The summed E-state index contributed by atoms with van der Waals surface area (Å²) < 4.78 is 8.15. The number of carbonyl (C=O) groups excluding carboxylic acids is 1. The van der Waals surface area contributed by atoms with Crippen LogP contribution in [0.4, 0.5) is 0 Å². The predicted octanol–water partition coefficient (Wildman–Crippen LogP) is 5.91. The normalized spacial score (nSPS) is 10.9. The summed E-state index contributed by atoms with van der Waals surface area (Å²) in [6.45, 7) is 1.90. The number of para-hydroxylation sites is 3. The zero-order valence-electron chi connectivity index (χ0n) is 18.5. The summed E-state index contributed by atoms with van der Waals surface area (Å²) in [6.07, 6.45) is 3.85. The minimum absolute atomic E-state index is 0.0177. The highest BCUT2D eigenvalue weighted by Gasteiger charge is 2.11. The summed E-state index contributed by atoms with van der Waals surface area (Å²) in [5, 5.41) is 3.61. The summed E-state index contributed by atoms with van der Waals surface area (Å²) in [7, 11) is 0. The quantitative estimate of drug-likeness (QED) is 0.282. The average molecular weight is 462 g/mol. The molecule has 0 aliphatic heterocycles. The monoisotopic (exact) mass is 461 g/mol. The number of hydrogen-bond donors (Lipinski definition) is 1. The number of nitrogens with one attached hydrogen (secondary N) is 1. The number of carbonyl (C=O) groups is 1. The smallest absolute Gasteiger partial charge is 0.251 e. The largest absolute Gasteiger partial charge is 0.490 e. The van der Waals surface area contributed by atoms with Crippen LogP contribution in [0.5, 0.6) is 5.75 Å². The molecule has 170 valence electrons. The molecule has 0 fully saturated rings. The van der Waals surface area contributed by atoms with Gasteiger partial charge in [0.15, 0.2) is 0 Å². The molecule has 0 bridgehead atoms. The summed E-state index contributed by atoms with van der Waals surface area (Å²) in [4.78, 5) is 17.0. The third-order valence-electron chi connectivity index (χ3n) is 5.54. The highest BCUT2D eigenvalue weighted by Crippen LogP contribution is 2.23. The predicted molar refractivity (Wildman–Crippen MR) is 133 cm³/mol. The van der Waals surface area contributed by atoms with E-state index in [4.69, 9.17) is 21.3 Å². The van der Waals surface area contributed by atoms with Gasteiger partial charge in [0, 0.05) is 18.5 Å². The number of unbranched alkanes of at least 4 members (excludes halogenated alkanes) is 2. The fourth-order valence-electron chi connectivity index (χ4n) is 3.85. The fraction of sp³-hybridized carbons (Fsp3) is 0.259. The van der Waals surface area contributed by atoms with Gasteiger partial charge in [-0.2, -0.15) is 0 Å². The molecule has 1 N–H and O–H groups in total. The van der Waals surface area contributed by atoms with Gasteiger partial charge in [-0.3, -0.25) is 4.79 Å². The van der Waals surface area contributed by atoms with Crippen LogP contribution in [0.2, 0.25) is 5.02 Å². The number of aromatic nitrogens is 2. The second kappa shape index (κ2) is 11.5. The molecule has 33 heavy (non-hydrogen) atoms. The maximum Gasteiger partial charge on any atom is 0.251 e. The Morgan fingerprint density at radius 1 is 0.909 bits per heavy atom. The topological polar surface area (TPSA) is 56.2 Å². The number of halogens is 1. The molecule has 0 saturated carbocycles. The Labute approximate surface area is 199 Å². The molecule has 3 aromatic carbocycles. The van der Waals surface area contributed by atoms with E-state index in [0.29, 0.717) is 36.0 Å². The van der Waals surface area contributed by atoms with Gasteiger partial charge >= 0.3 is 0 Å². The number of amides is 1. The van der Waals surface area contributed by atoms with E-state index in [1.807, 2.05) is 72.8 Å². The fourth-order valence-corrected chi connectivity index (χ4v) is 4.04. The third kappa shape index (κ3) is 6.14. The van der Waals surface area contributed by atoms with Gasteiger partial charge < -0.3 is 14.6 Å². The molecule has 0 unspecified atom stereocenters. The lowest BCUT2D eigenvalue weighted by molar-refractivity contribution is 0.0953. The molecule has 0 radical (unpaired) electrons. The average Bonchev–Trinajstić information content (AvgIpc) is 3.20. The van der Waals surface area contributed by atoms with Crippen molar-refractivity contribution in [1.29, 1.82) is 0 Å². The molecule has 0 saturated heterocycles. The van der Waals surface area contributed by atoms with Gasteiger partial charge in [-0.15, -0.1) is 0 Å². The molecule has 0 spiro atoms. The number of nitrogens with zero attached hydrogens (tertiary/aromatic N) is 2. The van der Waals surface area contributed by atoms with Crippen molar-refractivity contribution in [3.05, 3.63) is 95.3 Å². The molecule has 5 nitrogen and oxygen atoms in total. The first kappa shape index (κ1) is 22.9. The summed E-state index contributed by atoms with van der Waals surface area (Å²) in [6, 6.07) is 25.0. The van der Waals surface area contributed by atoms with Crippen LogP contribution >= 0.6 is 11.6 Å². The number of ether oxygens (including phenoxy) is 1. The molecular weight excluding hydrogens is 434 g/mol. The number of fused-ring (bicyclic) bond motifs is 1. The lowest BCUT2D eigenvalue weighted by atomic mass is 10.1. The Balaban J connectivity index is 1.28. The number of rotatable bonds is 11. The molecule has 0 aliphatic carbocycles. The van der Waals surface area contributed by atoms with E-state index in [0.717, 1.165) is 42.5 Å². The van der Waals surface area contributed by atoms with Crippen molar-refractivity contribution >= 4 is 28.5 Å². The Hall–Kier alpha value is -3.31. The van der Waals surface area contributed by atoms with Crippen LogP contribution in [-0.2, 0) is 13.0 Å². The Morgan fingerprint density at radius 3 is 2.52 bits per heavy atom. The standard InChI is InChI=1S/C27H28ClN3O2/c28-22-13-6-9-16-25(22)33-20-19-31-24-15-8-7-14-23(24)30-26(31)17-5-2-10-18-29-27(32)21-11-3-1-4-12-21/h1,3-4,6-9,11-16H,2,5,10,17-20H2,(H,29,32). The van der Waals surface area contributed by atoms with E-state index < -0.39 is 0 Å². The molecule has 1 amide bonds. The van der Waals surface area contributed by atoms with Crippen molar-refractivity contribution < 1.29 is 9.53 Å². The SMILES string of the molecule is O=C(NCCCCCc1nc2ccccc2n1CCOc1ccccc1Cl)c1ccccc1. The van der Waals surface area contributed by atoms with E-state index in [1.165, 1.54) is 0 Å². The minimum Gasteiger partial charge on any atom is -0.490 e. The second-order valence-electron chi connectivity index (χ2n) is 7.88. The van der Waals surface area contributed by atoms with Crippen molar-refractivity contribution in [1.82, 2.24) is 14.9 Å². The van der Waals surface area contributed by atoms with Gasteiger partial charge in [-0.25, -0.2) is 4.98 Å². The maximum absolute atomic E-state index is 12.1. The number of imidazole rings is 1. The number of aryl methyl sites for hydroxylation is 1. The first-order valence-electron chi connectivity index (χ1n) is 11.4. The number of benzene rings is 3. The molecule has 4 rings (SSSR count). The zero-order chi connectivity index (χ0) is 22.9. The summed E-state index contributed by atoms with van der Waals surface area (Å²) in [5.41, 5.74) is 2.82. The molecule has 4 aromatic rings. The third-order valence-corrected chi connectivity index (χ3v) is 5.85. The summed E-state index contributed by atoms with van der Waals surface area (Å²) >= 11 is 6.21. The Bertz CT molecular complexity index is 1190. The lowest BCUT2D eigenvalue weighted by Crippen LogP contribution is -2.24. The van der Waals surface area contributed by atoms with Crippen LogP contribution in [0.25, 0.3) is 11.0 Å². The molecule has 1 aromatic heterocycles. The van der Waals surface area contributed by atoms with Gasteiger partial charge in [0.2, 0.25) is 0 Å². The highest BCUT2D eigenvalue weighted by molar-refractivity contribution is 6.32. The number of hydrogen-bond acceptors (Lipinski definition) is 3. The van der Waals surface area contributed by atoms with Gasteiger partial charge in [0.25, 0.3) is 5.91 Å². The molecule has 1 heterocycles. The maximum atomic E-state index is 12.1. The van der Waals surface area contributed by atoms with Crippen LogP contribution in [0, 0.1) is 0 Å². The van der Waals surface area contributed by atoms with Crippen LogP contribution in [0.15, 0.2) is 78.9 Å². The van der Waals surface area contributed by atoms with Crippen molar-refractivity contribution in [2.45, 2.75) is 32.2 Å². The van der Waals surface area contributed by atoms with Crippen molar-refractivity contribution in [3.8, 4) is 5.75 Å². The zero-order valence-corrected chi connectivity index (χ0v) is 19.3. The van der Waals surface area contributed by atoms with E-state index >= 15 is 0 Å². The van der Waals surface area contributed by atoms with Gasteiger partial charge in [0.1, 0.15) is 18.2 Å². The molecule has 0 aliphatic rings. The van der Waals surface area contributed by atoms with Crippen LogP contribution in [0.3, 0.4) is 0 Å². The lowest BCUT2D eigenvalue weighted by Gasteiger charge is -2.12. The van der Waals surface area contributed by atoms with Gasteiger partial charge in [-0.05, 0) is 49.2 Å². The van der Waals surface area contributed by atoms with E-state index in [-0.39, 0.29) is 5.91 Å². The van der Waals surface area contributed by atoms with E-state index in [9.17, 15) is 4.79 Å². The van der Waals surface area contributed by atoms with Crippen molar-refractivity contribution in [2.75, 3.05) is 13.2 Å². The van der Waals surface area contributed by atoms with Crippen LogP contribution < -0.4 is 10.1 Å². The summed E-state index contributed by atoms with van der Waals surface area (Å²) in [5.74, 6) is 1.74. The second-order valence-corrected chi connectivity index (χ2v) is 8.29. The minimum atomic E-state index is -0.0177. The molecular formula is C27H28ClN3O2. The van der Waals surface area contributed by atoms with Gasteiger partial charge in [-0.1, -0.05) is 60.5 Å². The Kier molecular flexibility index (Phi) is 7.99. The van der Waals surface area contributed by atoms with E-state index in [1.54, 1.807) is 0 Å². The van der Waals surface area contributed by atoms with Gasteiger partial charge in [0.05, 0.1) is 22.6 Å². The molecule has 6 heteroatoms. The first-order valence-corrected chi connectivity index (χ1v) is 11.7. The van der Waals surface area contributed by atoms with Crippen molar-refractivity contribution in [3.63, 3.8) is 0 Å². The molecule has 0 atom stereocenters. The van der Waals surface area contributed by atoms with Crippen molar-refractivity contribution in [2.24, 2.45) is 0 Å².